The fourth-order valence-electron chi connectivity index (χ4n) is 3.61. The molecule has 3 nitrogen and oxygen atoms in total. The van der Waals surface area contributed by atoms with Crippen molar-refractivity contribution < 1.29 is 4.39 Å². The lowest BCUT2D eigenvalue weighted by molar-refractivity contribution is 0.174. The van der Waals surface area contributed by atoms with Crippen LogP contribution < -0.4 is 5.32 Å². The van der Waals surface area contributed by atoms with E-state index in [1.807, 2.05) is 23.5 Å². The topological polar surface area (TPSA) is 28.2 Å². The third-order valence-electron chi connectivity index (χ3n) is 4.85. The zero-order valence-corrected chi connectivity index (χ0v) is 14.9. The summed E-state index contributed by atoms with van der Waals surface area (Å²) in [5, 5.41) is 6.70. The Morgan fingerprint density at radius 3 is 3.12 bits per heavy atom. The van der Waals surface area contributed by atoms with Crippen LogP contribution in [0.3, 0.4) is 0 Å². The average molecular weight is 355 g/mol. The molecule has 1 fully saturated rings. The highest BCUT2D eigenvalue weighted by molar-refractivity contribution is 7.09. The van der Waals surface area contributed by atoms with Crippen molar-refractivity contribution in [1.82, 2.24) is 9.88 Å². The van der Waals surface area contributed by atoms with Crippen molar-refractivity contribution >= 4 is 27.9 Å². The molecule has 1 N–H and O–H groups in total. The Hall–Kier alpha value is -1.98. The highest BCUT2D eigenvalue weighted by Crippen LogP contribution is 2.24. The van der Waals surface area contributed by atoms with Crippen LogP contribution in [0.15, 0.2) is 48.0 Å². The van der Waals surface area contributed by atoms with Gasteiger partial charge < -0.3 is 5.32 Å². The number of benzene rings is 1. The van der Waals surface area contributed by atoms with E-state index in [4.69, 9.17) is 0 Å². The predicted octanol–water partition coefficient (Wildman–Crippen LogP) is 4.76. The molecule has 1 atom stereocenters. The van der Waals surface area contributed by atoms with Crippen LogP contribution in [-0.4, -0.2) is 29.5 Å². The van der Waals surface area contributed by atoms with E-state index in [9.17, 15) is 4.39 Å². The van der Waals surface area contributed by atoms with Crippen molar-refractivity contribution in [3.05, 3.63) is 58.7 Å². The minimum atomic E-state index is -0.242. The van der Waals surface area contributed by atoms with Gasteiger partial charge in [-0.05, 0) is 54.9 Å². The Morgan fingerprint density at radius 1 is 1.28 bits per heavy atom. The van der Waals surface area contributed by atoms with Gasteiger partial charge in [0.1, 0.15) is 5.82 Å². The van der Waals surface area contributed by atoms with E-state index in [2.05, 4.69) is 32.7 Å². The molecule has 3 aromatic rings. The van der Waals surface area contributed by atoms with Gasteiger partial charge in [0.05, 0.1) is 5.52 Å². The molecule has 3 heterocycles. The second kappa shape index (κ2) is 7.50. The maximum atomic E-state index is 13.4. The number of hydrogen-bond acceptors (Lipinski definition) is 4. The van der Waals surface area contributed by atoms with Gasteiger partial charge in [-0.25, -0.2) is 4.39 Å². The van der Waals surface area contributed by atoms with Gasteiger partial charge in [-0.3, -0.25) is 9.88 Å². The zero-order chi connectivity index (χ0) is 17.1. The van der Waals surface area contributed by atoms with E-state index in [1.165, 1.54) is 36.4 Å². The van der Waals surface area contributed by atoms with Gasteiger partial charge in [0, 0.05) is 47.8 Å². The van der Waals surface area contributed by atoms with Crippen LogP contribution in [0, 0.1) is 11.7 Å². The zero-order valence-electron chi connectivity index (χ0n) is 14.1. The quantitative estimate of drug-likeness (QED) is 0.715. The standard InChI is InChI=1S/C20H22FN3S/c21-16-5-6-18-19(7-8-22-20(18)11-16)23-12-15-3-1-9-24(13-15)14-17-4-2-10-25-17/h2,4-8,10-11,15H,1,3,9,12-14H2,(H,22,23). The van der Waals surface area contributed by atoms with E-state index in [0.717, 1.165) is 30.7 Å². The first kappa shape index (κ1) is 16.5. The van der Waals surface area contributed by atoms with Gasteiger partial charge in [0.15, 0.2) is 0 Å². The van der Waals surface area contributed by atoms with Gasteiger partial charge in [-0.1, -0.05) is 6.07 Å². The van der Waals surface area contributed by atoms with Crippen LogP contribution in [0.25, 0.3) is 10.9 Å². The number of anilines is 1. The molecule has 25 heavy (non-hydrogen) atoms. The lowest BCUT2D eigenvalue weighted by atomic mass is 9.97. The summed E-state index contributed by atoms with van der Waals surface area (Å²) in [7, 11) is 0. The number of rotatable bonds is 5. The molecule has 1 unspecified atom stereocenters. The SMILES string of the molecule is Fc1ccc2c(NCC3CCCN(Cc4cccs4)C3)ccnc2c1. The number of nitrogens with one attached hydrogen (secondary N) is 1. The third kappa shape index (κ3) is 3.99. The molecule has 1 aliphatic rings. The van der Waals surface area contributed by atoms with Crippen LogP contribution >= 0.6 is 11.3 Å². The summed E-state index contributed by atoms with van der Waals surface area (Å²) >= 11 is 1.84. The van der Waals surface area contributed by atoms with Crippen molar-refractivity contribution in [3.8, 4) is 0 Å². The number of nitrogens with zero attached hydrogens (tertiary/aromatic N) is 2. The van der Waals surface area contributed by atoms with E-state index >= 15 is 0 Å². The molecule has 130 valence electrons. The predicted molar refractivity (Wildman–Crippen MR) is 103 cm³/mol. The fraction of sp³-hybridized carbons (Fsp3) is 0.350. The molecule has 2 aromatic heterocycles. The first-order chi connectivity index (χ1) is 12.3. The number of thiophene rings is 1. The van der Waals surface area contributed by atoms with Crippen LogP contribution in [0.1, 0.15) is 17.7 Å². The number of likely N-dealkylation sites (tertiary alicyclic amines) is 1. The van der Waals surface area contributed by atoms with E-state index in [0.29, 0.717) is 11.4 Å². The maximum absolute atomic E-state index is 13.4. The van der Waals surface area contributed by atoms with E-state index in [1.54, 1.807) is 6.20 Å². The smallest absolute Gasteiger partial charge is 0.125 e. The second-order valence-corrected chi connectivity index (χ2v) is 7.76. The van der Waals surface area contributed by atoms with Crippen LogP contribution in [0.4, 0.5) is 10.1 Å². The Bertz CT molecular complexity index is 834. The summed E-state index contributed by atoms with van der Waals surface area (Å²) < 4.78 is 13.4. The molecule has 4 rings (SSSR count). The van der Waals surface area contributed by atoms with Gasteiger partial charge in [0.2, 0.25) is 0 Å². The molecular formula is C20H22FN3S. The Balaban J connectivity index is 1.39. The largest absolute Gasteiger partial charge is 0.384 e. The third-order valence-corrected chi connectivity index (χ3v) is 5.71. The number of piperidine rings is 1. The molecule has 0 saturated carbocycles. The summed E-state index contributed by atoms with van der Waals surface area (Å²) in [5.74, 6) is 0.394. The molecule has 1 aliphatic heterocycles. The number of aromatic nitrogens is 1. The molecule has 1 aromatic carbocycles. The Kier molecular flexibility index (Phi) is 4.95. The molecule has 0 spiro atoms. The number of hydrogen-bond donors (Lipinski definition) is 1. The first-order valence-electron chi connectivity index (χ1n) is 8.81. The lowest BCUT2D eigenvalue weighted by Gasteiger charge is -2.32. The van der Waals surface area contributed by atoms with Crippen molar-refractivity contribution in [3.63, 3.8) is 0 Å². The van der Waals surface area contributed by atoms with Gasteiger partial charge in [-0.2, -0.15) is 0 Å². The van der Waals surface area contributed by atoms with Gasteiger partial charge in [-0.15, -0.1) is 11.3 Å². The van der Waals surface area contributed by atoms with Crippen molar-refractivity contribution in [2.75, 3.05) is 25.0 Å². The summed E-state index contributed by atoms with van der Waals surface area (Å²) in [5.41, 5.74) is 1.74. The van der Waals surface area contributed by atoms with Crippen molar-refractivity contribution in [2.24, 2.45) is 5.92 Å². The molecule has 5 heteroatoms. The minimum Gasteiger partial charge on any atom is -0.384 e. The maximum Gasteiger partial charge on any atom is 0.125 e. The second-order valence-electron chi connectivity index (χ2n) is 6.72. The van der Waals surface area contributed by atoms with Crippen LogP contribution in [0.2, 0.25) is 0 Å². The molecular weight excluding hydrogens is 333 g/mol. The molecule has 0 bridgehead atoms. The van der Waals surface area contributed by atoms with Crippen LogP contribution in [0.5, 0.6) is 0 Å². The van der Waals surface area contributed by atoms with Crippen LogP contribution in [-0.2, 0) is 6.54 Å². The van der Waals surface area contributed by atoms with E-state index < -0.39 is 0 Å². The summed E-state index contributed by atoms with van der Waals surface area (Å²) in [6.07, 6.45) is 4.25. The van der Waals surface area contributed by atoms with E-state index in [-0.39, 0.29) is 5.82 Å². The Morgan fingerprint density at radius 2 is 2.24 bits per heavy atom. The molecule has 1 saturated heterocycles. The molecule has 0 amide bonds. The summed E-state index contributed by atoms with van der Waals surface area (Å²) in [4.78, 5) is 8.26. The summed E-state index contributed by atoms with van der Waals surface area (Å²) in [6, 6.07) is 11.1. The molecule has 0 aliphatic carbocycles. The summed E-state index contributed by atoms with van der Waals surface area (Å²) in [6.45, 7) is 4.32. The molecule has 0 radical (unpaired) electrons. The number of halogens is 1. The minimum absolute atomic E-state index is 0.242. The lowest BCUT2D eigenvalue weighted by Crippen LogP contribution is -2.37. The van der Waals surface area contributed by atoms with Gasteiger partial charge >= 0.3 is 0 Å². The highest BCUT2D eigenvalue weighted by Gasteiger charge is 2.20. The normalized spacial score (nSPS) is 18.5. The highest BCUT2D eigenvalue weighted by atomic mass is 32.1. The van der Waals surface area contributed by atoms with Crippen molar-refractivity contribution in [1.29, 1.82) is 0 Å². The first-order valence-corrected chi connectivity index (χ1v) is 9.69. The Labute approximate surface area is 151 Å². The number of fused-ring (bicyclic) bond motifs is 1. The van der Waals surface area contributed by atoms with Gasteiger partial charge in [0.25, 0.3) is 0 Å². The fourth-order valence-corrected chi connectivity index (χ4v) is 4.36. The van der Waals surface area contributed by atoms with Crippen molar-refractivity contribution in [2.45, 2.75) is 19.4 Å². The average Bonchev–Trinajstić information content (AvgIpc) is 3.13. The monoisotopic (exact) mass is 355 g/mol. The number of pyridine rings is 1.